The molecule has 0 spiro atoms. The van der Waals surface area contributed by atoms with Crippen LogP contribution in [0.5, 0.6) is 0 Å². The number of nitrogens with one attached hydrogen (secondary N) is 1. The maximum absolute atomic E-state index is 13.7. The van der Waals surface area contributed by atoms with Crippen LogP contribution in [-0.2, 0) is 19.7 Å². The van der Waals surface area contributed by atoms with E-state index in [1.54, 1.807) is 0 Å². The number of carbonyl (C=O) groups is 1. The van der Waals surface area contributed by atoms with Gasteiger partial charge >= 0.3 is 0 Å². The van der Waals surface area contributed by atoms with Crippen molar-refractivity contribution in [3.8, 4) is 0 Å². The SMILES string of the molecule is CS(=O)(=O)CCC(O)C(O)C1(O)C2CCC1CC(S(=O)(=O)c1cc(C(=O)Nc3ccc(F)c(F)c3)ccc1Cl)C2. The molecule has 2 aliphatic carbocycles. The highest BCUT2D eigenvalue weighted by atomic mass is 35.5. The fraction of sp³-hybridized carbons (Fsp3) is 0.500. The Bertz CT molecular complexity index is 1500. The maximum atomic E-state index is 13.7. The van der Waals surface area contributed by atoms with Crippen molar-refractivity contribution in [2.45, 2.75) is 60.1 Å². The number of fused-ring (bicyclic) bond motifs is 2. The summed E-state index contributed by atoms with van der Waals surface area (Å²) in [6, 6.07) is 6.39. The first-order valence-corrected chi connectivity index (χ1v) is 16.6. The summed E-state index contributed by atoms with van der Waals surface area (Å²) in [6.07, 6.45) is -1.77. The lowest BCUT2D eigenvalue weighted by Gasteiger charge is -2.46. The van der Waals surface area contributed by atoms with Crippen molar-refractivity contribution >= 4 is 42.9 Å². The summed E-state index contributed by atoms with van der Waals surface area (Å²) in [7, 11) is -7.56. The molecule has 9 nitrogen and oxygen atoms in total. The molecule has 0 heterocycles. The van der Waals surface area contributed by atoms with Gasteiger partial charge in [-0.05, 0) is 74.3 Å². The Kier molecular flexibility index (Phi) is 8.66. The van der Waals surface area contributed by atoms with Gasteiger partial charge < -0.3 is 20.6 Å². The molecule has 2 aliphatic rings. The van der Waals surface area contributed by atoms with Gasteiger partial charge in [0, 0.05) is 23.6 Å². The van der Waals surface area contributed by atoms with E-state index >= 15 is 0 Å². The first-order valence-electron chi connectivity index (χ1n) is 12.6. The molecule has 4 rings (SSSR count). The molecule has 0 saturated heterocycles. The highest BCUT2D eigenvalue weighted by Gasteiger charge is 2.60. The number of anilines is 1. The molecule has 2 saturated carbocycles. The van der Waals surface area contributed by atoms with Gasteiger partial charge in [0.25, 0.3) is 5.91 Å². The van der Waals surface area contributed by atoms with Crippen LogP contribution in [0.2, 0.25) is 5.02 Å². The number of rotatable bonds is 9. The van der Waals surface area contributed by atoms with Gasteiger partial charge in [0.05, 0.1) is 32.6 Å². The van der Waals surface area contributed by atoms with E-state index in [9.17, 15) is 45.7 Å². The van der Waals surface area contributed by atoms with Crippen molar-refractivity contribution in [1.82, 2.24) is 0 Å². The van der Waals surface area contributed by atoms with Crippen LogP contribution in [0.25, 0.3) is 0 Å². The normalized spacial score (nSPS) is 26.3. The van der Waals surface area contributed by atoms with Crippen LogP contribution in [0.15, 0.2) is 41.3 Å². The summed E-state index contributed by atoms with van der Waals surface area (Å²) in [6.45, 7) is 0. The molecule has 4 unspecified atom stereocenters. The Balaban J connectivity index is 1.54. The van der Waals surface area contributed by atoms with Crippen LogP contribution in [0.3, 0.4) is 0 Å². The van der Waals surface area contributed by atoms with E-state index in [1.807, 2.05) is 0 Å². The van der Waals surface area contributed by atoms with E-state index in [2.05, 4.69) is 5.32 Å². The summed E-state index contributed by atoms with van der Waals surface area (Å²) < 4.78 is 77.1. The van der Waals surface area contributed by atoms with E-state index in [-0.39, 0.29) is 46.2 Å². The number of hydrogen-bond acceptors (Lipinski definition) is 8. The van der Waals surface area contributed by atoms with Crippen molar-refractivity contribution in [2.75, 3.05) is 17.3 Å². The average Bonchev–Trinajstić information content (AvgIpc) is 3.04. The summed E-state index contributed by atoms with van der Waals surface area (Å²) in [5.74, 6) is -4.80. The van der Waals surface area contributed by atoms with Gasteiger partial charge in [0.2, 0.25) is 0 Å². The summed E-state index contributed by atoms with van der Waals surface area (Å²) in [5.41, 5.74) is -1.92. The minimum absolute atomic E-state index is 0.0383. The molecule has 220 valence electrons. The van der Waals surface area contributed by atoms with Gasteiger partial charge in [-0.3, -0.25) is 4.79 Å². The topological polar surface area (TPSA) is 158 Å². The lowest BCUT2D eigenvalue weighted by atomic mass is 9.69. The zero-order valence-electron chi connectivity index (χ0n) is 21.4. The van der Waals surface area contributed by atoms with E-state index in [0.717, 1.165) is 30.5 Å². The van der Waals surface area contributed by atoms with Gasteiger partial charge in [-0.15, -0.1) is 0 Å². The van der Waals surface area contributed by atoms with Gasteiger partial charge in [0.15, 0.2) is 21.5 Å². The first-order chi connectivity index (χ1) is 18.5. The van der Waals surface area contributed by atoms with Crippen molar-refractivity contribution < 1.29 is 45.7 Å². The molecule has 2 fully saturated rings. The molecule has 2 bridgehead atoms. The van der Waals surface area contributed by atoms with Crippen molar-refractivity contribution in [3.05, 3.63) is 58.6 Å². The van der Waals surface area contributed by atoms with E-state index in [4.69, 9.17) is 11.6 Å². The summed E-state index contributed by atoms with van der Waals surface area (Å²) in [4.78, 5) is 12.4. The highest BCUT2D eigenvalue weighted by molar-refractivity contribution is 7.92. The summed E-state index contributed by atoms with van der Waals surface area (Å²) >= 11 is 6.24. The number of benzene rings is 2. The average molecular weight is 622 g/mol. The third-order valence-electron chi connectivity index (χ3n) is 8.01. The quantitative estimate of drug-likeness (QED) is 0.333. The zero-order chi connectivity index (χ0) is 29.6. The van der Waals surface area contributed by atoms with Crippen LogP contribution in [-0.4, -0.2) is 73.1 Å². The Morgan fingerprint density at radius 2 is 1.68 bits per heavy atom. The molecule has 14 heteroatoms. The van der Waals surface area contributed by atoms with Crippen molar-refractivity contribution in [2.24, 2.45) is 11.8 Å². The second-order valence-corrected chi connectivity index (χ2v) is 15.5. The van der Waals surface area contributed by atoms with E-state index in [0.29, 0.717) is 12.8 Å². The van der Waals surface area contributed by atoms with Crippen LogP contribution < -0.4 is 5.32 Å². The van der Waals surface area contributed by atoms with Crippen LogP contribution >= 0.6 is 11.6 Å². The molecule has 1 amide bonds. The number of aliphatic hydroxyl groups excluding tert-OH is 2. The molecule has 0 aromatic heterocycles. The van der Waals surface area contributed by atoms with E-state index in [1.165, 1.54) is 12.1 Å². The Morgan fingerprint density at radius 1 is 1.05 bits per heavy atom. The number of carbonyl (C=O) groups excluding carboxylic acids is 1. The third kappa shape index (κ3) is 6.04. The van der Waals surface area contributed by atoms with Gasteiger partial charge in [-0.1, -0.05) is 11.6 Å². The molecule has 40 heavy (non-hydrogen) atoms. The molecule has 0 radical (unpaired) electrons. The smallest absolute Gasteiger partial charge is 0.255 e. The first kappa shape index (κ1) is 30.8. The predicted molar refractivity (Wildman–Crippen MR) is 143 cm³/mol. The molecule has 4 N–H and O–H groups in total. The highest BCUT2D eigenvalue weighted by Crippen LogP contribution is 2.54. The van der Waals surface area contributed by atoms with E-state index < -0.39 is 72.1 Å². The zero-order valence-corrected chi connectivity index (χ0v) is 23.8. The van der Waals surface area contributed by atoms with Crippen LogP contribution in [0, 0.1) is 23.5 Å². The fourth-order valence-corrected chi connectivity index (χ4v) is 8.97. The second kappa shape index (κ2) is 11.3. The number of hydrogen-bond donors (Lipinski definition) is 4. The minimum Gasteiger partial charge on any atom is -0.390 e. The molecular weight excluding hydrogens is 592 g/mol. The Labute approximate surface area is 236 Å². The van der Waals surface area contributed by atoms with Crippen molar-refractivity contribution in [3.63, 3.8) is 0 Å². The monoisotopic (exact) mass is 621 g/mol. The van der Waals surface area contributed by atoms with Gasteiger partial charge in [-0.2, -0.15) is 0 Å². The minimum atomic E-state index is -4.14. The standard InChI is InChI=1S/C26H30ClF2NO8S2/c1-39(35,36)9-8-22(31)24(32)26(34)15-3-4-16(26)12-18(11-15)40(37,38)23-10-14(2-6-19(23)27)25(33)30-17-5-7-20(28)21(29)13-17/h2,5-7,10,13,15-16,18,22,24,31-32,34H,3-4,8-9,11-12H2,1H3,(H,30,33). The predicted octanol–water partition coefficient (Wildman–Crippen LogP) is 2.72. The molecule has 2 aromatic rings. The molecule has 2 aromatic carbocycles. The molecular formula is C26H30ClF2NO8S2. The second-order valence-electron chi connectivity index (χ2n) is 10.7. The lowest BCUT2D eigenvalue weighted by Crippen LogP contribution is -2.59. The lowest BCUT2D eigenvalue weighted by molar-refractivity contribution is -0.175. The maximum Gasteiger partial charge on any atom is 0.255 e. The van der Waals surface area contributed by atoms with Gasteiger partial charge in [0.1, 0.15) is 15.9 Å². The number of amides is 1. The van der Waals surface area contributed by atoms with Gasteiger partial charge in [-0.25, -0.2) is 25.6 Å². The number of sulfone groups is 2. The third-order valence-corrected chi connectivity index (χ3v) is 11.6. The van der Waals surface area contributed by atoms with Crippen molar-refractivity contribution in [1.29, 1.82) is 0 Å². The van der Waals surface area contributed by atoms with Crippen LogP contribution in [0.4, 0.5) is 14.5 Å². The number of aliphatic hydroxyl groups is 3. The molecule has 4 atom stereocenters. The largest absolute Gasteiger partial charge is 0.390 e. The Morgan fingerprint density at radius 3 is 2.25 bits per heavy atom. The molecule has 0 aliphatic heterocycles. The Hall–Kier alpha value is -2.16. The fourth-order valence-electron chi connectivity index (χ4n) is 5.90. The summed E-state index contributed by atoms with van der Waals surface area (Å²) in [5, 5.41) is 34.0. The van der Waals surface area contributed by atoms with Crippen LogP contribution in [0.1, 0.15) is 42.5 Å². The number of halogens is 3.